The quantitative estimate of drug-likeness (QED) is 0.0150. The van der Waals surface area contributed by atoms with Gasteiger partial charge in [-0.2, -0.15) is 8.42 Å². The molecule has 2 saturated heterocycles. The SMILES string of the molecule is C=CCCC(O)/C=C/C=C/C(O)CC/C=C/C(O)C(O)[C@@H]1O[C@@H](C(O)C(O)C(=C)CCC(O)[C@H]2C[C@@H](O)C(O)[C@H](C(O)C(O)/C=C(\C)CCC(O)CC(O)C(O)C(C)C(O)C(O)C/C=C/CC(O)/C=C/CCCCCOS(=O)(=O)O)O2)CC(O)C1O. The zero-order valence-electron chi connectivity index (χ0n) is 49.3. The van der Waals surface area contributed by atoms with Gasteiger partial charge in [0.2, 0.25) is 0 Å². The molecule has 20 N–H and O–H groups in total. The van der Waals surface area contributed by atoms with Crippen molar-refractivity contribution >= 4 is 10.4 Å². The Balaban J connectivity index is 1.85. The number of unbranched alkanes of at least 4 members (excludes halogenated alkanes) is 3. The Morgan fingerprint density at radius 2 is 1.15 bits per heavy atom. The Morgan fingerprint density at radius 3 is 1.76 bits per heavy atom. The topological polar surface area (TPSA) is 466 Å². The molecule has 86 heavy (non-hydrogen) atoms. The molecule has 26 heteroatoms. The molecule has 0 saturated carbocycles. The van der Waals surface area contributed by atoms with Gasteiger partial charge >= 0.3 is 10.4 Å². The van der Waals surface area contributed by atoms with Gasteiger partial charge in [0.15, 0.2) is 0 Å². The lowest BCUT2D eigenvalue weighted by Crippen LogP contribution is -2.59. The van der Waals surface area contributed by atoms with Crippen LogP contribution < -0.4 is 0 Å². The molecule has 19 unspecified atom stereocenters. The largest absolute Gasteiger partial charge is 0.397 e. The zero-order chi connectivity index (χ0) is 64.8. The van der Waals surface area contributed by atoms with Crippen molar-refractivity contribution in [3.63, 3.8) is 0 Å². The standard InChI is InChI=1S/C60H102O25S/c1-5-6-18-38(61)20-11-12-21-40(63)23-14-16-25-44(67)54(75)59-57(78)48(71)34-50(85-59)58(79)51(72)36(3)27-29-42(65)49-33-47(70)56(77)60(84-49)55(76)45(68)31-35(2)26-28-41(64)32-46(69)53(74)37(4)52(73)43(66)24-15-13-22-39(62)19-10-8-7-9-17-30-83-86(80,81)82/h5,10-13,15-16,19-21,25,31,37-79H,1,3,6-9,14,17-18,22-24,26-30,32-34H2,2,4H3,(H,80,81,82)/b15-13+,19-10+,20-11+,21-12+,25-16+,35-31+/t37?,38?,39?,40?,41?,42?,43?,44?,45?,46?,47-,48?,49-,50-,51?,52?,53?,54?,55?,56?,57?,58?,59+,60+/m1/s1. The summed E-state index contributed by atoms with van der Waals surface area (Å²) in [7, 11) is -4.46. The molecule has 2 aliphatic heterocycles. The minimum atomic E-state index is -4.46. The summed E-state index contributed by atoms with van der Waals surface area (Å²) in [4.78, 5) is 0. The van der Waals surface area contributed by atoms with Crippen molar-refractivity contribution in [2.75, 3.05) is 6.61 Å². The van der Waals surface area contributed by atoms with Gasteiger partial charge in [-0.3, -0.25) is 4.55 Å². The Labute approximate surface area is 505 Å². The van der Waals surface area contributed by atoms with Crippen LogP contribution in [0.2, 0.25) is 0 Å². The summed E-state index contributed by atoms with van der Waals surface area (Å²) in [5.74, 6) is -1.04. The monoisotopic (exact) mass is 1250 g/mol. The Bertz CT molecular complexity index is 2190. The second-order valence-electron chi connectivity index (χ2n) is 22.8. The number of aliphatic hydroxyl groups excluding tert-OH is 19. The summed E-state index contributed by atoms with van der Waals surface area (Å²) in [5.41, 5.74) is 0.410. The van der Waals surface area contributed by atoms with Gasteiger partial charge in [0.25, 0.3) is 0 Å². The molecule has 0 aliphatic carbocycles. The molecular formula is C60H102O25S. The van der Waals surface area contributed by atoms with E-state index in [2.05, 4.69) is 17.3 Å². The molecule has 2 heterocycles. The van der Waals surface area contributed by atoms with E-state index < -0.39 is 163 Å². The van der Waals surface area contributed by atoms with Crippen molar-refractivity contribution in [3.8, 4) is 0 Å². The minimum absolute atomic E-state index is 0.00487. The molecule has 2 fully saturated rings. The highest BCUT2D eigenvalue weighted by Crippen LogP contribution is 2.32. The number of rotatable bonds is 43. The smallest absolute Gasteiger partial charge is 0.393 e. The fraction of sp³-hybridized carbons (Fsp3) is 0.733. The van der Waals surface area contributed by atoms with Gasteiger partial charge in [-0.05, 0) is 96.0 Å². The molecular weight excluding hydrogens is 1150 g/mol. The van der Waals surface area contributed by atoms with Gasteiger partial charge in [0, 0.05) is 25.2 Å². The summed E-state index contributed by atoms with van der Waals surface area (Å²) >= 11 is 0. The van der Waals surface area contributed by atoms with Crippen LogP contribution in [0.5, 0.6) is 0 Å². The summed E-state index contributed by atoms with van der Waals surface area (Å²) in [6, 6.07) is 0. The third-order valence-corrected chi connectivity index (χ3v) is 15.9. The Hall–Kier alpha value is -3.05. The van der Waals surface area contributed by atoms with Gasteiger partial charge in [-0.1, -0.05) is 98.4 Å². The van der Waals surface area contributed by atoms with Crippen LogP contribution in [0, 0.1) is 5.92 Å². The summed E-state index contributed by atoms with van der Waals surface area (Å²) in [5, 5.41) is 204. The average molecular weight is 1260 g/mol. The van der Waals surface area contributed by atoms with Crippen LogP contribution in [0.15, 0.2) is 97.2 Å². The van der Waals surface area contributed by atoms with E-state index in [9.17, 15) is 105 Å². The van der Waals surface area contributed by atoms with Gasteiger partial charge in [0.1, 0.15) is 61.0 Å². The van der Waals surface area contributed by atoms with Gasteiger partial charge in [-0.15, -0.1) is 6.58 Å². The molecule has 0 aromatic rings. The predicted octanol–water partition coefficient (Wildman–Crippen LogP) is -1.06. The number of aliphatic hydroxyl groups is 19. The summed E-state index contributed by atoms with van der Waals surface area (Å²) < 4.78 is 45.4. The van der Waals surface area contributed by atoms with Crippen molar-refractivity contribution in [1.29, 1.82) is 0 Å². The number of hydrogen-bond acceptors (Lipinski definition) is 24. The molecule has 24 atom stereocenters. The number of allylic oxidation sites excluding steroid dienone is 6. The third-order valence-electron chi connectivity index (χ3n) is 15.4. The second-order valence-corrected chi connectivity index (χ2v) is 23.8. The number of hydrogen-bond donors (Lipinski definition) is 20. The summed E-state index contributed by atoms with van der Waals surface area (Å²) in [6.45, 7) is 10.2. The second kappa shape index (κ2) is 41.4. The van der Waals surface area contributed by atoms with E-state index in [0.717, 1.165) is 0 Å². The van der Waals surface area contributed by atoms with E-state index in [1.165, 1.54) is 31.2 Å². The predicted molar refractivity (Wildman–Crippen MR) is 315 cm³/mol. The first-order valence-corrected chi connectivity index (χ1v) is 30.9. The molecule has 0 aromatic heterocycles. The average Bonchev–Trinajstić information content (AvgIpc) is 1.29. The maximum absolute atomic E-state index is 11.2. The number of ether oxygens (including phenoxy) is 2. The lowest BCUT2D eigenvalue weighted by atomic mass is 9.86. The molecule has 498 valence electrons. The molecule has 0 spiro atoms. The maximum atomic E-state index is 11.2. The van der Waals surface area contributed by atoms with Crippen molar-refractivity contribution in [2.45, 2.75) is 263 Å². The first-order chi connectivity index (χ1) is 40.4. The fourth-order valence-electron chi connectivity index (χ4n) is 9.84. The fourth-order valence-corrected chi connectivity index (χ4v) is 10.2. The lowest BCUT2D eigenvalue weighted by Gasteiger charge is -2.42. The van der Waals surface area contributed by atoms with Crippen LogP contribution >= 0.6 is 0 Å². The Morgan fingerprint density at radius 1 is 0.605 bits per heavy atom. The van der Waals surface area contributed by atoms with E-state index in [0.29, 0.717) is 44.1 Å². The van der Waals surface area contributed by atoms with Gasteiger partial charge in [0.05, 0.1) is 86.0 Å². The molecule has 0 bridgehead atoms. The molecule has 2 aliphatic rings. The van der Waals surface area contributed by atoms with E-state index in [4.69, 9.17) is 14.0 Å². The van der Waals surface area contributed by atoms with E-state index in [1.807, 2.05) is 0 Å². The minimum Gasteiger partial charge on any atom is -0.393 e. The highest BCUT2D eigenvalue weighted by atomic mass is 32.3. The van der Waals surface area contributed by atoms with Crippen LogP contribution in [-0.2, 0) is 24.1 Å². The van der Waals surface area contributed by atoms with Crippen LogP contribution in [-0.4, -0.2) is 257 Å². The van der Waals surface area contributed by atoms with Crippen molar-refractivity contribution in [1.82, 2.24) is 0 Å². The summed E-state index contributed by atoms with van der Waals surface area (Å²) in [6.07, 6.45) is -12.5. The lowest BCUT2D eigenvalue weighted by molar-refractivity contribution is -0.234. The van der Waals surface area contributed by atoms with Gasteiger partial charge in [-0.25, -0.2) is 4.18 Å². The normalized spacial score (nSPS) is 27.8. The Kier molecular flexibility index (Phi) is 38.0. The van der Waals surface area contributed by atoms with Crippen molar-refractivity contribution < 1.29 is 124 Å². The molecule has 0 aromatic carbocycles. The van der Waals surface area contributed by atoms with Crippen molar-refractivity contribution in [2.24, 2.45) is 5.92 Å². The van der Waals surface area contributed by atoms with Crippen LogP contribution in [0.1, 0.15) is 123 Å². The molecule has 25 nitrogen and oxygen atoms in total. The first-order valence-electron chi connectivity index (χ1n) is 29.6. The third kappa shape index (κ3) is 29.7. The van der Waals surface area contributed by atoms with Gasteiger partial charge < -0.3 is 106 Å². The van der Waals surface area contributed by atoms with Crippen LogP contribution in [0.25, 0.3) is 0 Å². The highest BCUT2D eigenvalue weighted by Gasteiger charge is 2.47. The van der Waals surface area contributed by atoms with Crippen molar-refractivity contribution in [3.05, 3.63) is 97.2 Å². The van der Waals surface area contributed by atoms with E-state index >= 15 is 0 Å². The zero-order valence-corrected chi connectivity index (χ0v) is 50.1. The van der Waals surface area contributed by atoms with Crippen LogP contribution in [0.3, 0.4) is 0 Å². The molecule has 2 rings (SSSR count). The maximum Gasteiger partial charge on any atom is 0.397 e. The van der Waals surface area contributed by atoms with Crippen LogP contribution in [0.4, 0.5) is 0 Å². The van der Waals surface area contributed by atoms with E-state index in [-0.39, 0.29) is 76.4 Å². The first kappa shape index (κ1) is 79.0. The van der Waals surface area contributed by atoms with E-state index in [1.54, 1.807) is 55.5 Å². The molecule has 0 amide bonds. The highest BCUT2D eigenvalue weighted by molar-refractivity contribution is 7.80. The molecule has 0 radical (unpaired) electrons.